The Balaban J connectivity index is -0.000000126. The molecule has 0 rings (SSSR count). The van der Waals surface area contributed by atoms with Crippen LogP contribution in [-0.4, -0.2) is 22.2 Å². The normalized spacial score (nSPS) is 8.50. The first-order valence-electron chi connectivity index (χ1n) is 1.77. The predicted molar refractivity (Wildman–Crippen MR) is 16.6 cm³/mol. The summed E-state index contributed by atoms with van der Waals surface area (Å²) in [5, 5.41) is 14.8. The van der Waals surface area contributed by atoms with Crippen LogP contribution in [0.1, 0.15) is 0 Å². The van der Waals surface area contributed by atoms with Gasteiger partial charge < -0.3 is 10.2 Å². The van der Waals surface area contributed by atoms with Crippen LogP contribution in [0.5, 0.6) is 0 Å². The van der Waals surface area contributed by atoms with Crippen LogP contribution in [0.15, 0.2) is 0 Å². The van der Waals surface area contributed by atoms with Crippen LogP contribution in [0.4, 0.5) is 0 Å². The Morgan fingerprint density at radius 3 is 1.08 bits per heavy atom. The molecule has 0 heterocycles. The molecule has 0 atom stereocenters. The van der Waals surface area contributed by atoms with Crippen molar-refractivity contribution < 1.29 is 66.4 Å². The molecule has 12 heavy (non-hydrogen) atoms. The Morgan fingerprint density at radius 2 is 1.08 bits per heavy atom. The maximum atomic E-state index is 9.10. The van der Waals surface area contributed by atoms with Crippen molar-refractivity contribution in [1.29, 1.82) is 0 Å². The maximum absolute atomic E-state index is 9.10. The summed E-state index contributed by atoms with van der Waals surface area (Å²) in [5.74, 6) is -3.65. The Bertz CT molecular complexity index is 220. The molecule has 8 nitrogen and oxygen atoms in total. The van der Waals surface area contributed by atoms with Gasteiger partial charge in [-0.05, 0) is 0 Å². The van der Waals surface area contributed by atoms with Crippen LogP contribution in [-0.2, 0) is 47.9 Å². The third-order valence-electron chi connectivity index (χ3n) is 0.183. The van der Waals surface area contributed by atoms with E-state index in [1.54, 1.807) is 0 Å². The molecule has 0 saturated carbocycles. The van der Waals surface area contributed by atoms with Gasteiger partial charge in [-0.2, -0.15) is 0 Å². The van der Waals surface area contributed by atoms with Crippen molar-refractivity contribution in [1.82, 2.24) is 0 Å². The number of rotatable bonds is 0. The van der Waals surface area contributed by atoms with Gasteiger partial charge in [0, 0.05) is 0 Å². The van der Waals surface area contributed by atoms with Crippen LogP contribution >= 0.6 is 0 Å². The van der Waals surface area contributed by atoms with Gasteiger partial charge in [0.2, 0.25) is 0 Å². The number of hydrogen-bond acceptors (Lipinski definition) is 6. The van der Waals surface area contributed by atoms with E-state index in [0.29, 0.717) is 0 Å². The van der Waals surface area contributed by atoms with Crippen molar-refractivity contribution in [3.8, 4) is 0 Å². The molecule has 0 aromatic carbocycles. The number of carboxylic acid groups (broad SMARTS) is 2. The molecule has 0 aliphatic heterocycles. The van der Waals surface area contributed by atoms with E-state index in [4.69, 9.17) is 35.7 Å². The quantitative estimate of drug-likeness (QED) is 0.339. The molecule has 0 aliphatic carbocycles. The standard InChI is InChI=1S/C2H2O4.Cr.Cu.4O/c3-1(4)2(5)6;;;;;;/h(H,3,4)(H,5,6);;;;;;/q;;+2;;;2*-1. The van der Waals surface area contributed by atoms with Crippen LogP contribution in [0, 0.1) is 0 Å². The Kier molecular flexibility index (Phi) is 10.5. The van der Waals surface area contributed by atoms with Crippen molar-refractivity contribution >= 4 is 11.9 Å². The summed E-state index contributed by atoms with van der Waals surface area (Å²) in [6.45, 7) is 0. The van der Waals surface area contributed by atoms with E-state index in [9.17, 15) is 0 Å². The summed E-state index contributed by atoms with van der Waals surface area (Å²) in [4.78, 5) is 18.2. The van der Waals surface area contributed by atoms with Crippen LogP contribution in [0.2, 0.25) is 0 Å². The summed E-state index contributed by atoms with van der Waals surface area (Å²) in [7, 11) is 0. The number of aliphatic carboxylic acids is 2. The van der Waals surface area contributed by atoms with Crippen molar-refractivity contribution in [2.45, 2.75) is 0 Å². The molecule has 1 radical (unpaired) electrons. The topological polar surface area (TPSA) is 155 Å². The van der Waals surface area contributed by atoms with Gasteiger partial charge in [-0.15, -0.1) is 0 Å². The van der Waals surface area contributed by atoms with E-state index < -0.39 is 25.6 Å². The molecule has 0 spiro atoms. The zero-order chi connectivity index (χ0) is 9.65. The zero-order valence-corrected chi connectivity index (χ0v) is 7.27. The van der Waals surface area contributed by atoms with Gasteiger partial charge in [0.25, 0.3) is 0 Å². The van der Waals surface area contributed by atoms with E-state index in [0.717, 1.165) is 0 Å². The monoisotopic (exact) mass is 269 g/mol. The van der Waals surface area contributed by atoms with Crippen LogP contribution < -0.4 is 8.32 Å². The second-order valence-corrected chi connectivity index (χ2v) is 2.29. The molecule has 0 fully saturated rings. The van der Waals surface area contributed by atoms with Crippen molar-refractivity contribution in [3.63, 3.8) is 0 Å². The minimum absolute atomic E-state index is 0. The predicted octanol–water partition coefficient (Wildman–Crippen LogP) is -3.46. The van der Waals surface area contributed by atoms with E-state index in [1.165, 1.54) is 0 Å². The first kappa shape index (κ1) is 17.6. The van der Waals surface area contributed by atoms with Crippen molar-refractivity contribution in [3.05, 3.63) is 0 Å². The van der Waals surface area contributed by atoms with Gasteiger partial charge in [0.05, 0.1) is 0 Å². The summed E-state index contributed by atoms with van der Waals surface area (Å²) in [6, 6.07) is 0. The summed E-state index contributed by atoms with van der Waals surface area (Å²) in [5.41, 5.74) is 0. The number of hydrogen-bond donors (Lipinski definition) is 2. The fraction of sp³-hybridized carbons (Fsp3) is 0. The van der Waals surface area contributed by atoms with Crippen molar-refractivity contribution in [2.75, 3.05) is 0 Å². The number of carboxylic acids is 2. The first-order chi connectivity index (χ1) is 4.64. The molecule has 0 amide bonds. The Hall–Kier alpha value is -0.488. The molecule has 0 unspecified atom stereocenters. The van der Waals surface area contributed by atoms with E-state index in [1.807, 2.05) is 0 Å². The average molecular weight is 270 g/mol. The molecule has 0 aliphatic rings. The Morgan fingerprint density at radius 1 is 1.00 bits per heavy atom. The molecular weight excluding hydrogens is 268 g/mol. The molecule has 0 aromatic heterocycles. The fourth-order valence-corrected chi connectivity index (χ4v) is 0. The second kappa shape index (κ2) is 7.18. The van der Waals surface area contributed by atoms with E-state index in [2.05, 4.69) is 0 Å². The zero-order valence-electron chi connectivity index (χ0n) is 5.05. The third-order valence-corrected chi connectivity index (χ3v) is 0.183. The van der Waals surface area contributed by atoms with Crippen molar-refractivity contribution in [2.24, 2.45) is 0 Å². The molecule has 75 valence electrons. The summed E-state index contributed by atoms with van der Waals surface area (Å²) in [6.07, 6.45) is 0. The van der Waals surface area contributed by atoms with Crippen LogP contribution in [0.25, 0.3) is 0 Å². The van der Waals surface area contributed by atoms with E-state index in [-0.39, 0.29) is 17.1 Å². The van der Waals surface area contributed by atoms with Gasteiger partial charge in [0.1, 0.15) is 0 Å². The fourth-order valence-electron chi connectivity index (χ4n) is 0. The van der Waals surface area contributed by atoms with Crippen LogP contribution in [0.3, 0.4) is 0 Å². The van der Waals surface area contributed by atoms with E-state index >= 15 is 0 Å². The minimum atomic E-state index is -5.75. The SMILES string of the molecule is O=C(O)C(=O)O.[Cu+2].[O]=[Cr](=[O])([O-])[O-]. The Labute approximate surface area is 78.7 Å². The average Bonchev–Trinajstić information content (AvgIpc) is 1.59. The molecule has 0 aromatic rings. The molecule has 10 heteroatoms. The van der Waals surface area contributed by atoms with Gasteiger partial charge in [-0.25, -0.2) is 9.59 Å². The summed E-state index contributed by atoms with van der Waals surface area (Å²) < 4.78 is 34.4. The third kappa shape index (κ3) is 55.9. The van der Waals surface area contributed by atoms with Gasteiger partial charge in [-0.1, -0.05) is 0 Å². The number of carbonyl (C=O) groups is 2. The van der Waals surface area contributed by atoms with Gasteiger partial charge in [-0.3, -0.25) is 0 Å². The van der Waals surface area contributed by atoms with Gasteiger partial charge >= 0.3 is 58.5 Å². The first-order valence-corrected chi connectivity index (χ1v) is 3.85. The summed E-state index contributed by atoms with van der Waals surface area (Å²) >= 11 is -5.75. The second-order valence-electron chi connectivity index (χ2n) is 1.02. The molecular formula is C2H2CrCuO8. The molecule has 2 N–H and O–H groups in total. The molecule has 0 bridgehead atoms. The molecule has 0 saturated heterocycles. The van der Waals surface area contributed by atoms with Gasteiger partial charge in [0.15, 0.2) is 0 Å².